The normalized spacial score (nSPS) is 12.4. The van der Waals surface area contributed by atoms with Crippen LogP contribution in [-0.2, 0) is 0 Å². The van der Waals surface area contributed by atoms with Crippen LogP contribution >= 0.6 is 11.6 Å². The van der Waals surface area contributed by atoms with Crippen LogP contribution in [0.25, 0.3) is 0 Å². The Morgan fingerprint density at radius 2 is 2.33 bits per heavy atom. The molecule has 1 unspecified atom stereocenters. The van der Waals surface area contributed by atoms with Gasteiger partial charge in [-0.3, -0.25) is 10.1 Å². The molecule has 78 valence electrons. The summed E-state index contributed by atoms with van der Waals surface area (Å²) in [6, 6.07) is -0.0275. The first kappa shape index (κ1) is 9.85. The Labute approximate surface area is 91.1 Å². The Balaban J connectivity index is 2.09. The molecule has 0 fully saturated rings. The highest BCUT2D eigenvalue weighted by Gasteiger charge is 2.08. The fourth-order valence-corrected chi connectivity index (χ4v) is 1.27. The van der Waals surface area contributed by atoms with Crippen molar-refractivity contribution in [3.05, 3.63) is 29.7 Å². The fraction of sp³-hybridized carbons (Fsp3) is 0.250. The molecule has 0 bridgehead atoms. The number of H-pyrrole nitrogens is 1. The van der Waals surface area contributed by atoms with Gasteiger partial charge in [-0.2, -0.15) is 5.10 Å². The van der Waals surface area contributed by atoms with E-state index in [1.54, 1.807) is 6.20 Å². The minimum absolute atomic E-state index is 0.0275. The van der Waals surface area contributed by atoms with Crippen molar-refractivity contribution in [2.24, 2.45) is 0 Å². The third kappa shape index (κ3) is 2.41. The van der Waals surface area contributed by atoms with E-state index in [0.717, 1.165) is 5.82 Å². The van der Waals surface area contributed by atoms with Crippen LogP contribution in [0.15, 0.2) is 18.7 Å². The van der Waals surface area contributed by atoms with Gasteiger partial charge in [0.1, 0.15) is 23.1 Å². The van der Waals surface area contributed by atoms with Crippen molar-refractivity contribution in [2.75, 3.05) is 5.32 Å². The van der Waals surface area contributed by atoms with E-state index in [-0.39, 0.29) is 6.04 Å². The van der Waals surface area contributed by atoms with Crippen LogP contribution in [0.5, 0.6) is 0 Å². The standard InChI is InChI=1S/C8H9ClN6/c1-5(8-11-4-12-15-8)13-7-3-10-2-6(9)14-7/h2-5H,1H3,(H,13,14)(H,11,12,15). The first-order valence-electron chi connectivity index (χ1n) is 4.35. The topological polar surface area (TPSA) is 79.4 Å². The van der Waals surface area contributed by atoms with Crippen LogP contribution in [0.3, 0.4) is 0 Å². The maximum atomic E-state index is 5.70. The van der Waals surface area contributed by atoms with Crippen LogP contribution in [-0.4, -0.2) is 25.1 Å². The second kappa shape index (κ2) is 4.22. The molecular weight excluding hydrogens is 216 g/mol. The van der Waals surface area contributed by atoms with E-state index in [2.05, 4.69) is 30.5 Å². The quantitative estimate of drug-likeness (QED) is 0.824. The van der Waals surface area contributed by atoms with Gasteiger partial charge in [-0.1, -0.05) is 11.6 Å². The number of nitrogens with one attached hydrogen (secondary N) is 2. The molecule has 2 rings (SSSR count). The van der Waals surface area contributed by atoms with Crippen LogP contribution in [0.4, 0.5) is 5.82 Å². The lowest BCUT2D eigenvalue weighted by atomic mass is 10.3. The fourth-order valence-electron chi connectivity index (χ4n) is 1.13. The highest BCUT2D eigenvalue weighted by molar-refractivity contribution is 6.29. The molecule has 7 heteroatoms. The lowest BCUT2D eigenvalue weighted by Gasteiger charge is -2.10. The SMILES string of the molecule is CC(Nc1cncc(Cl)n1)c1ncn[nH]1. The molecule has 0 radical (unpaired) electrons. The van der Waals surface area contributed by atoms with Gasteiger partial charge in [0.15, 0.2) is 0 Å². The molecule has 0 aliphatic carbocycles. The number of aromatic amines is 1. The molecule has 2 N–H and O–H groups in total. The summed E-state index contributed by atoms with van der Waals surface area (Å²) in [7, 11) is 0. The van der Waals surface area contributed by atoms with Crippen LogP contribution < -0.4 is 5.32 Å². The summed E-state index contributed by atoms with van der Waals surface area (Å²) >= 11 is 5.70. The molecule has 2 aromatic rings. The number of anilines is 1. The molecule has 6 nitrogen and oxygen atoms in total. The third-order valence-corrected chi connectivity index (χ3v) is 2.00. The molecule has 0 saturated carbocycles. The zero-order chi connectivity index (χ0) is 10.7. The van der Waals surface area contributed by atoms with Crippen LogP contribution in [0.2, 0.25) is 5.15 Å². The molecular formula is C8H9ClN6. The number of halogens is 1. The lowest BCUT2D eigenvalue weighted by molar-refractivity contribution is 0.789. The molecule has 0 aliphatic heterocycles. The van der Waals surface area contributed by atoms with Crippen molar-refractivity contribution < 1.29 is 0 Å². The number of rotatable bonds is 3. The van der Waals surface area contributed by atoms with E-state index in [1.165, 1.54) is 12.5 Å². The maximum Gasteiger partial charge on any atom is 0.149 e. The summed E-state index contributed by atoms with van der Waals surface area (Å²) in [5.74, 6) is 1.34. The molecule has 0 aliphatic rings. The number of aromatic nitrogens is 5. The largest absolute Gasteiger partial charge is 0.359 e. The zero-order valence-corrected chi connectivity index (χ0v) is 8.73. The van der Waals surface area contributed by atoms with Gasteiger partial charge in [-0.25, -0.2) is 9.97 Å². The van der Waals surface area contributed by atoms with Gasteiger partial charge >= 0.3 is 0 Å². The Kier molecular flexibility index (Phi) is 2.77. The van der Waals surface area contributed by atoms with E-state index in [0.29, 0.717) is 11.0 Å². The molecule has 0 saturated heterocycles. The van der Waals surface area contributed by atoms with Crippen molar-refractivity contribution >= 4 is 17.4 Å². The monoisotopic (exact) mass is 224 g/mol. The van der Waals surface area contributed by atoms with E-state index >= 15 is 0 Å². The summed E-state index contributed by atoms with van der Waals surface area (Å²) in [6.45, 7) is 1.93. The number of hydrogen-bond donors (Lipinski definition) is 2. The zero-order valence-electron chi connectivity index (χ0n) is 7.98. The maximum absolute atomic E-state index is 5.70. The molecule has 0 spiro atoms. The second-order valence-corrected chi connectivity index (χ2v) is 3.35. The number of hydrogen-bond acceptors (Lipinski definition) is 5. The van der Waals surface area contributed by atoms with Crippen LogP contribution in [0.1, 0.15) is 18.8 Å². The predicted octanol–water partition coefficient (Wildman–Crippen LogP) is 1.42. The van der Waals surface area contributed by atoms with Crippen molar-refractivity contribution in [1.29, 1.82) is 0 Å². The highest BCUT2D eigenvalue weighted by Crippen LogP contribution is 2.14. The predicted molar refractivity (Wildman–Crippen MR) is 55.5 cm³/mol. The van der Waals surface area contributed by atoms with Gasteiger partial charge in [-0.15, -0.1) is 0 Å². The van der Waals surface area contributed by atoms with Gasteiger partial charge in [0.2, 0.25) is 0 Å². The minimum atomic E-state index is -0.0275. The molecule has 1 atom stereocenters. The first-order chi connectivity index (χ1) is 7.25. The first-order valence-corrected chi connectivity index (χ1v) is 4.73. The Hall–Kier alpha value is -1.69. The van der Waals surface area contributed by atoms with Gasteiger partial charge in [0, 0.05) is 0 Å². The average Bonchev–Trinajstić information content (AvgIpc) is 2.70. The minimum Gasteiger partial charge on any atom is -0.359 e. The molecule has 0 aromatic carbocycles. The van der Waals surface area contributed by atoms with E-state index in [4.69, 9.17) is 11.6 Å². The summed E-state index contributed by atoms with van der Waals surface area (Å²) in [6.07, 6.45) is 4.53. The van der Waals surface area contributed by atoms with Crippen LogP contribution in [0, 0.1) is 0 Å². The van der Waals surface area contributed by atoms with Crippen molar-refractivity contribution in [1.82, 2.24) is 25.1 Å². The molecule has 15 heavy (non-hydrogen) atoms. The van der Waals surface area contributed by atoms with Gasteiger partial charge < -0.3 is 5.32 Å². The number of nitrogens with zero attached hydrogens (tertiary/aromatic N) is 4. The third-order valence-electron chi connectivity index (χ3n) is 1.81. The lowest BCUT2D eigenvalue weighted by Crippen LogP contribution is -2.09. The molecule has 2 heterocycles. The smallest absolute Gasteiger partial charge is 0.149 e. The Morgan fingerprint density at radius 3 is 3.00 bits per heavy atom. The van der Waals surface area contributed by atoms with E-state index < -0.39 is 0 Å². The summed E-state index contributed by atoms with van der Waals surface area (Å²) in [5, 5.41) is 9.98. The van der Waals surface area contributed by atoms with Gasteiger partial charge in [-0.05, 0) is 6.92 Å². The molecule has 2 aromatic heterocycles. The Bertz CT molecular complexity index is 428. The van der Waals surface area contributed by atoms with E-state index in [1.807, 2.05) is 6.92 Å². The Morgan fingerprint density at radius 1 is 1.47 bits per heavy atom. The highest BCUT2D eigenvalue weighted by atomic mass is 35.5. The second-order valence-electron chi connectivity index (χ2n) is 2.96. The summed E-state index contributed by atoms with van der Waals surface area (Å²) < 4.78 is 0. The summed E-state index contributed by atoms with van der Waals surface area (Å²) in [5.41, 5.74) is 0. The van der Waals surface area contributed by atoms with E-state index in [9.17, 15) is 0 Å². The van der Waals surface area contributed by atoms with Gasteiger partial charge in [0.25, 0.3) is 0 Å². The van der Waals surface area contributed by atoms with Gasteiger partial charge in [0.05, 0.1) is 18.4 Å². The molecule has 0 amide bonds. The summed E-state index contributed by atoms with van der Waals surface area (Å²) in [4.78, 5) is 12.0. The average molecular weight is 225 g/mol. The van der Waals surface area contributed by atoms with Crippen molar-refractivity contribution in [3.8, 4) is 0 Å². The van der Waals surface area contributed by atoms with Crippen molar-refractivity contribution in [3.63, 3.8) is 0 Å². The van der Waals surface area contributed by atoms with Crippen molar-refractivity contribution in [2.45, 2.75) is 13.0 Å².